The van der Waals surface area contributed by atoms with Gasteiger partial charge in [0.25, 0.3) is 0 Å². The van der Waals surface area contributed by atoms with E-state index in [0.29, 0.717) is 9.32 Å². The van der Waals surface area contributed by atoms with E-state index in [1.54, 1.807) is 18.3 Å². The van der Waals surface area contributed by atoms with Crippen LogP contribution in [0.15, 0.2) is 41.5 Å². The lowest BCUT2D eigenvalue weighted by molar-refractivity contribution is -0.122. The van der Waals surface area contributed by atoms with Crippen LogP contribution in [0.25, 0.3) is 0 Å². The third kappa shape index (κ3) is 4.66. The van der Waals surface area contributed by atoms with E-state index in [9.17, 15) is 9.90 Å². The number of methoxy groups -OCH3 is 1. The Hall–Kier alpha value is -2.09. The number of halogens is 1. The van der Waals surface area contributed by atoms with E-state index < -0.39 is 0 Å². The predicted molar refractivity (Wildman–Crippen MR) is 119 cm³/mol. The molecular formula is C22H25IN2O3. The first kappa shape index (κ1) is 20.6. The fraction of sp³-hybridized carbons (Fsp3) is 0.364. The second-order valence-corrected chi connectivity index (χ2v) is 9.27. The summed E-state index contributed by atoms with van der Waals surface area (Å²) in [7, 11) is 1.50. The number of rotatable bonds is 5. The number of nitrogens with one attached hydrogen (secondary N) is 1. The molecule has 1 saturated carbocycles. The summed E-state index contributed by atoms with van der Waals surface area (Å²) in [4.78, 5) is 12.4. The first-order chi connectivity index (χ1) is 13.2. The number of carbonyl (C=O) groups excluding carboxylic acids is 1. The summed E-state index contributed by atoms with van der Waals surface area (Å²) in [5, 5.41) is 13.9. The molecule has 6 heteroatoms. The van der Waals surface area contributed by atoms with Crippen LogP contribution >= 0.6 is 22.6 Å². The van der Waals surface area contributed by atoms with Crippen molar-refractivity contribution in [1.29, 1.82) is 0 Å². The summed E-state index contributed by atoms with van der Waals surface area (Å²) in [6, 6.07) is 12.0. The second-order valence-electron chi connectivity index (χ2n) is 8.11. The zero-order valence-corrected chi connectivity index (χ0v) is 18.6. The van der Waals surface area contributed by atoms with Gasteiger partial charge in [-0.2, -0.15) is 5.10 Å². The van der Waals surface area contributed by atoms with E-state index in [2.05, 4.69) is 55.6 Å². The van der Waals surface area contributed by atoms with Crippen LogP contribution < -0.4 is 10.2 Å². The number of ether oxygens (including phenoxy) is 1. The molecule has 0 aliphatic heterocycles. The minimum absolute atomic E-state index is 0.0351. The first-order valence-corrected chi connectivity index (χ1v) is 10.3. The molecule has 0 radical (unpaired) electrons. The molecule has 2 aromatic rings. The fourth-order valence-corrected chi connectivity index (χ4v) is 3.79. The van der Waals surface area contributed by atoms with Gasteiger partial charge >= 0.3 is 0 Å². The molecule has 1 aliphatic carbocycles. The Kier molecular flexibility index (Phi) is 5.98. The Morgan fingerprint density at radius 2 is 1.96 bits per heavy atom. The van der Waals surface area contributed by atoms with Crippen molar-refractivity contribution in [3.63, 3.8) is 0 Å². The Morgan fingerprint density at radius 3 is 2.57 bits per heavy atom. The minimum Gasteiger partial charge on any atom is -0.504 e. The number of amides is 1. The lowest BCUT2D eigenvalue weighted by Crippen LogP contribution is -2.20. The number of aromatic hydroxyl groups is 1. The SMILES string of the molecule is COc1cc(/C=N/NC(=O)[C@@H]2C[C@@H]2c2ccc(C(C)(C)C)cc2)cc(I)c1O. The van der Waals surface area contributed by atoms with Crippen molar-refractivity contribution in [3.8, 4) is 11.5 Å². The summed E-state index contributed by atoms with van der Waals surface area (Å²) in [6.07, 6.45) is 2.40. The van der Waals surface area contributed by atoms with Gasteiger partial charge in [-0.3, -0.25) is 4.79 Å². The maximum atomic E-state index is 12.4. The van der Waals surface area contributed by atoms with E-state index in [0.717, 1.165) is 12.0 Å². The topological polar surface area (TPSA) is 70.9 Å². The van der Waals surface area contributed by atoms with Crippen LogP contribution in [0, 0.1) is 9.49 Å². The molecule has 1 aliphatic rings. The van der Waals surface area contributed by atoms with Gasteiger partial charge in [-0.1, -0.05) is 45.0 Å². The van der Waals surface area contributed by atoms with E-state index in [4.69, 9.17) is 4.74 Å². The van der Waals surface area contributed by atoms with Crippen LogP contribution in [-0.4, -0.2) is 24.3 Å². The molecule has 0 aromatic heterocycles. The number of hydrogen-bond acceptors (Lipinski definition) is 4. The number of hydrogen-bond donors (Lipinski definition) is 2. The molecule has 0 heterocycles. The van der Waals surface area contributed by atoms with E-state index in [1.165, 1.54) is 18.2 Å². The normalized spacial score (nSPS) is 18.9. The summed E-state index contributed by atoms with van der Waals surface area (Å²) in [6.45, 7) is 6.58. The van der Waals surface area contributed by atoms with Gasteiger partial charge in [-0.15, -0.1) is 0 Å². The first-order valence-electron chi connectivity index (χ1n) is 9.20. The lowest BCUT2D eigenvalue weighted by atomic mass is 9.86. The lowest BCUT2D eigenvalue weighted by Gasteiger charge is -2.19. The molecule has 3 rings (SSSR count). The van der Waals surface area contributed by atoms with Gasteiger partial charge < -0.3 is 9.84 Å². The van der Waals surface area contributed by atoms with Crippen LogP contribution in [0.2, 0.25) is 0 Å². The van der Waals surface area contributed by atoms with E-state index in [-0.39, 0.29) is 28.9 Å². The third-order valence-corrected chi connectivity index (χ3v) is 5.81. The molecule has 28 heavy (non-hydrogen) atoms. The van der Waals surface area contributed by atoms with E-state index in [1.807, 2.05) is 22.6 Å². The Bertz CT molecular complexity index is 901. The number of hydrazone groups is 1. The number of benzene rings is 2. The van der Waals surface area contributed by atoms with Crippen LogP contribution in [0.1, 0.15) is 49.8 Å². The quantitative estimate of drug-likeness (QED) is 0.366. The summed E-state index contributed by atoms with van der Waals surface area (Å²) < 4.78 is 5.79. The molecule has 0 spiro atoms. The molecule has 148 valence electrons. The van der Waals surface area contributed by atoms with Crippen LogP contribution in [-0.2, 0) is 10.2 Å². The van der Waals surface area contributed by atoms with Gasteiger partial charge in [0.1, 0.15) is 0 Å². The average molecular weight is 492 g/mol. The van der Waals surface area contributed by atoms with Crippen LogP contribution in [0.5, 0.6) is 11.5 Å². The van der Waals surface area contributed by atoms with Crippen molar-refractivity contribution in [2.24, 2.45) is 11.0 Å². The highest BCUT2D eigenvalue weighted by atomic mass is 127. The standard InChI is InChI=1S/C22H25IN2O3/c1-22(2,3)15-7-5-14(6-8-15)16-11-17(16)21(27)25-24-12-13-9-18(23)20(26)19(10-13)28-4/h5-10,12,16-17,26H,11H2,1-4H3,(H,25,27)/b24-12+/t16-,17-/m1/s1. The van der Waals surface area contributed by atoms with Gasteiger partial charge in [-0.05, 0) is 69.2 Å². The largest absolute Gasteiger partial charge is 0.504 e. The molecular weight excluding hydrogens is 467 g/mol. The number of carbonyl (C=O) groups is 1. The smallest absolute Gasteiger partial charge is 0.243 e. The van der Waals surface area contributed by atoms with Crippen molar-refractivity contribution in [3.05, 3.63) is 56.7 Å². The maximum Gasteiger partial charge on any atom is 0.243 e. The summed E-state index contributed by atoms with van der Waals surface area (Å²) in [5.74, 6) is 0.635. The highest BCUT2D eigenvalue weighted by Gasteiger charge is 2.44. The number of phenolic OH excluding ortho intramolecular Hbond substituents is 1. The molecule has 2 aromatic carbocycles. The van der Waals surface area contributed by atoms with Crippen molar-refractivity contribution < 1.29 is 14.6 Å². The molecule has 2 N–H and O–H groups in total. The van der Waals surface area contributed by atoms with Gasteiger partial charge in [0.15, 0.2) is 11.5 Å². The second kappa shape index (κ2) is 8.11. The minimum atomic E-state index is -0.0680. The predicted octanol–water partition coefficient (Wildman–Crippen LogP) is 4.56. The van der Waals surface area contributed by atoms with E-state index >= 15 is 0 Å². The van der Waals surface area contributed by atoms with Gasteiger partial charge in [0.2, 0.25) is 5.91 Å². The molecule has 0 saturated heterocycles. The zero-order chi connectivity index (χ0) is 20.5. The summed E-state index contributed by atoms with van der Waals surface area (Å²) in [5.41, 5.74) is 5.99. The van der Waals surface area contributed by atoms with Crippen LogP contribution in [0.4, 0.5) is 0 Å². The highest BCUT2D eigenvalue weighted by molar-refractivity contribution is 14.1. The number of nitrogens with zero attached hydrogens (tertiary/aromatic N) is 1. The summed E-state index contributed by atoms with van der Waals surface area (Å²) >= 11 is 2.02. The van der Waals surface area contributed by atoms with Crippen LogP contribution in [0.3, 0.4) is 0 Å². The molecule has 1 amide bonds. The molecule has 0 bridgehead atoms. The highest BCUT2D eigenvalue weighted by Crippen LogP contribution is 2.47. The zero-order valence-electron chi connectivity index (χ0n) is 16.5. The van der Waals surface area contributed by atoms with Gasteiger partial charge in [0, 0.05) is 5.92 Å². The molecule has 2 atom stereocenters. The van der Waals surface area contributed by atoms with Crippen molar-refractivity contribution in [2.75, 3.05) is 7.11 Å². The molecule has 1 fully saturated rings. The monoisotopic (exact) mass is 492 g/mol. The molecule has 0 unspecified atom stereocenters. The third-order valence-electron chi connectivity index (χ3n) is 4.99. The maximum absolute atomic E-state index is 12.4. The van der Waals surface area contributed by atoms with Crippen molar-refractivity contribution >= 4 is 34.7 Å². The van der Waals surface area contributed by atoms with Crippen molar-refractivity contribution in [1.82, 2.24) is 5.43 Å². The fourth-order valence-electron chi connectivity index (χ4n) is 3.16. The van der Waals surface area contributed by atoms with Gasteiger partial charge in [0.05, 0.1) is 16.9 Å². The van der Waals surface area contributed by atoms with Crippen molar-refractivity contribution in [2.45, 2.75) is 38.5 Å². The Balaban J connectivity index is 1.58. The molecule has 5 nitrogen and oxygen atoms in total. The van der Waals surface area contributed by atoms with Gasteiger partial charge in [-0.25, -0.2) is 5.43 Å². The average Bonchev–Trinajstić information content (AvgIpc) is 3.44. The Labute approximate surface area is 179 Å². The number of phenols is 1. The Morgan fingerprint density at radius 1 is 1.29 bits per heavy atom.